The number of rotatable bonds is 8. The number of nitrogens with one attached hydrogen (secondary N) is 1. The topological polar surface area (TPSA) is 83.1 Å². The van der Waals surface area contributed by atoms with E-state index in [1.807, 2.05) is 12.1 Å². The number of nitrogens with zero attached hydrogens (tertiary/aromatic N) is 2. The fourth-order valence-corrected chi connectivity index (χ4v) is 2.55. The molecule has 0 radical (unpaired) electrons. The van der Waals surface area contributed by atoms with E-state index >= 15 is 0 Å². The maximum atomic E-state index is 9.23. The molecule has 23 heavy (non-hydrogen) atoms. The summed E-state index contributed by atoms with van der Waals surface area (Å²) >= 11 is 0. The van der Waals surface area contributed by atoms with E-state index in [9.17, 15) is 5.11 Å². The Kier molecular flexibility index (Phi) is 7.69. The van der Waals surface area contributed by atoms with Crippen LogP contribution >= 0.6 is 0 Å². The Hall–Kier alpha value is -1.79. The standard InChI is InChI=1S/C17H28N4O2/c18-17(20-9-2-10-21-11-13-23-14-12-21)19-8-1-3-15-4-6-16(22)7-5-15/h4-7,22H,1-3,8-14H2,(H3,18,19,20). The molecule has 0 amide bonds. The van der Waals surface area contributed by atoms with E-state index in [4.69, 9.17) is 10.5 Å². The molecule has 1 aromatic carbocycles. The number of aryl methyl sites for hydroxylation is 1. The van der Waals surface area contributed by atoms with Crippen LogP contribution in [-0.4, -0.2) is 61.9 Å². The van der Waals surface area contributed by atoms with Gasteiger partial charge in [0, 0.05) is 26.2 Å². The number of aromatic hydroxyl groups is 1. The lowest BCUT2D eigenvalue weighted by Gasteiger charge is -2.26. The molecule has 6 heteroatoms. The number of morpholine rings is 1. The van der Waals surface area contributed by atoms with Gasteiger partial charge >= 0.3 is 0 Å². The molecule has 1 saturated heterocycles. The number of guanidine groups is 1. The minimum atomic E-state index is 0.303. The van der Waals surface area contributed by atoms with Gasteiger partial charge in [0.15, 0.2) is 5.96 Å². The average Bonchev–Trinajstić information content (AvgIpc) is 2.58. The summed E-state index contributed by atoms with van der Waals surface area (Å²) in [6, 6.07) is 7.30. The summed E-state index contributed by atoms with van der Waals surface area (Å²) in [6.07, 6.45) is 2.94. The first-order chi connectivity index (χ1) is 11.2. The molecule has 2 rings (SSSR count). The van der Waals surface area contributed by atoms with Crippen LogP contribution in [0, 0.1) is 0 Å². The third-order valence-corrected chi connectivity index (χ3v) is 3.90. The predicted molar refractivity (Wildman–Crippen MR) is 92.8 cm³/mol. The van der Waals surface area contributed by atoms with E-state index in [-0.39, 0.29) is 0 Å². The van der Waals surface area contributed by atoms with Crippen molar-refractivity contribution in [2.45, 2.75) is 19.3 Å². The Morgan fingerprint density at radius 1 is 1.22 bits per heavy atom. The molecule has 0 unspecified atom stereocenters. The molecule has 0 aliphatic carbocycles. The largest absolute Gasteiger partial charge is 0.508 e. The van der Waals surface area contributed by atoms with Crippen LogP contribution in [0.2, 0.25) is 0 Å². The molecule has 0 spiro atoms. The molecule has 1 heterocycles. The Bertz CT molecular complexity index is 470. The molecule has 1 aliphatic heterocycles. The number of hydrogen-bond donors (Lipinski definition) is 3. The second-order valence-corrected chi connectivity index (χ2v) is 5.77. The van der Waals surface area contributed by atoms with Crippen LogP contribution < -0.4 is 11.1 Å². The zero-order valence-corrected chi connectivity index (χ0v) is 13.7. The van der Waals surface area contributed by atoms with Crippen molar-refractivity contribution in [2.75, 3.05) is 45.9 Å². The van der Waals surface area contributed by atoms with Crippen molar-refractivity contribution in [3.63, 3.8) is 0 Å². The third kappa shape index (κ3) is 7.34. The van der Waals surface area contributed by atoms with E-state index in [0.717, 1.165) is 58.7 Å². The van der Waals surface area contributed by atoms with Gasteiger partial charge in [0.25, 0.3) is 0 Å². The SMILES string of the molecule is NC(=NCCCc1ccc(O)cc1)NCCCN1CCOCC1. The van der Waals surface area contributed by atoms with Gasteiger partial charge in [-0.25, -0.2) is 0 Å². The Balaban J connectivity index is 1.51. The van der Waals surface area contributed by atoms with Gasteiger partial charge in [0.2, 0.25) is 0 Å². The van der Waals surface area contributed by atoms with Crippen molar-refractivity contribution in [3.05, 3.63) is 29.8 Å². The molecule has 0 bridgehead atoms. The van der Waals surface area contributed by atoms with Crippen LogP contribution in [0.4, 0.5) is 0 Å². The summed E-state index contributed by atoms with van der Waals surface area (Å²) in [7, 11) is 0. The van der Waals surface area contributed by atoms with Crippen LogP contribution in [0.15, 0.2) is 29.3 Å². The van der Waals surface area contributed by atoms with Crippen molar-refractivity contribution in [3.8, 4) is 5.75 Å². The average molecular weight is 320 g/mol. The molecular weight excluding hydrogens is 292 g/mol. The monoisotopic (exact) mass is 320 g/mol. The first-order valence-corrected chi connectivity index (χ1v) is 8.36. The molecule has 4 N–H and O–H groups in total. The normalized spacial score (nSPS) is 16.4. The highest BCUT2D eigenvalue weighted by Crippen LogP contribution is 2.10. The van der Waals surface area contributed by atoms with Gasteiger partial charge in [-0.15, -0.1) is 0 Å². The first-order valence-electron chi connectivity index (χ1n) is 8.36. The second kappa shape index (κ2) is 10.1. The molecule has 1 aromatic rings. The van der Waals surface area contributed by atoms with E-state index < -0.39 is 0 Å². The van der Waals surface area contributed by atoms with Gasteiger partial charge in [0.1, 0.15) is 5.75 Å². The number of hydrogen-bond acceptors (Lipinski definition) is 4. The van der Waals surface area contributed by atoms with Gasteiger partial charge in [-0.05, 0) is 43.5 Å². The summed E-state index contributed by atoms with van der Waals surface area (Å²) in [4.78, 5) is 6.75. The summed E-state index contributed by atoms with van der Waals surface area (Å²) in [5, 5.41) is 12.4. The van der Waals surface area contributed by atoms with Crippen molar-refractivity contribution in [1.82, 2.24) is 10.2 Å². The summed E-state index contributed by atoms with van der Waals surface area (Å²) in [6.45, 7) is 6.39. The van der Waals surface area contributed by atoms with Crippen molar-refractivity contribution in [2.24, 2.45) is 10.7 Å². The number of phenolic OH excluding ortho intramolecular Hbond substituents is 1. The fraction of sp³-hybridized carbons (Fsp3) is 0.588. The number of aliphatic imine (C=N–C) groups is 1. The van der Waals surface area contributed by atoms with Crippen LogP contribution in [0.25, 0.3) is 0 Å². The molecule has 1 aliphatic rings. The minimum absolute atomic E-state index is 0.303. The van der Waals surface area contributed by atoms with Crippen molar-refractivity contribution < 1.29 is 9.84 Å². The first kappa shape index (κ1) is 17.6. The number of ether oxygens (including phenoxy) is 1. The highest BCUT2D eigenvalue weighted by atomic mass is 16.5. The molecule has 0 atom stereocenters. The molecule has 128 valence electrons. The lowest BCUT2D eigenvalue weighted by atomic mass is 10.1. The summed E-state index contributed by atoms with van der Waals surface area (Å²) < 4.78 is 5.33. The quantitative estimate of drug-likeness (QED) is 0.377. The Morgan fingerprint density at radius 3 is 2.70 bits per heavy atom. The highest BCUT2D eigenvalue weighted by Gasteiger charge is 2.08. The molecule has 0 aromatic heterocycles. The molecule has 6 nitrogen and oxygen atoms in total. The zero-order valence-electron chi connectivity index (χ0n) is 13.7. The lowest BCUT2D eigenvalue weighted by molar-refractivity contribution is 0.0376. The van der Waals surface area contributed by atoms with Crippen molar-refractivity contribution in [1.29, 1.82) is 0 Å². The molecule has 1 fully saturated rings. The lowest BCUT2D eigenvalue weighted by Crippen LogP contribution is -2.39. The maximum Gasteiger partial charge on any atom is 0.188 e. The smallest absolute Gasteiger partial charge is 0.188 e. The fourth-order valence-electron chi connectivity index (χ4n) is 2.55. The van der Waals surface area contributed by atoms with E-state index in [0.29, 0.717) is 18.3 Å². The number of benzene rings is 1. The van der Waals surface area contributed by atoms with Gasteiger partial charge in [-0.1, -0.05) is 12.1 Å². The van der Waals surface area contributed by atoms with Gasteiger partial charge in [0.05, 0.1) is 13.2 Å². The van der Waals surface area contributed by atoms with Crippen LogP contribution in [0.1, 0.15) is 18.4 Å². The van der Waals surface area contributed by atoms with Crippen LogP contribution in [0.3, 0.4) is 0 Å². The predicted octanol–water partition coefficient (Wildman–Crippen LogP) is 0.951. The summed E-state index contributed by atoms with van der Waals surface area (Å²) in [5.74, 6) is 0.829. The number of phenols is 1. The molecule has 0 saturated carbocycles. The van der Waals surface area contributed by atoms with Crippen LogP contribution in [0.5, 0.6) is 5.75 Å². The van der Waals surface area contributed by atoms with E-state index in [1.54, 1.807) is 12.1 Å². The van der Waals surface area contributed by atoms with Gasteiger partial charge in [-0.3, -0.25) is 9.89 Å². The molecular formula is C17H28N4O2. The number of nitrogens with two attached hydrogens (primary N) is 1. The van der Waals surface area contributed by atoms with Gasteiger partial charge < -0.3 is 20.9 Å². The minimum Gasteiger partial charge on any atom is -0.508 e. The van der Waals surface area contributed by atoms with E-state index in [2.05, 4.69) is 15.2 Å². The van der Waals surface area contributed by atoms with E-state index in [1.165, 1.54) is 5.56 Å². The second-order valence-electron chi connectivity index (χ2n) is 5.77. The third-order valence-electron chi connectivity index (χ3n) is 3.90. The van der Waals surface area contributed by atoms with Gasteiger partial charge in [-0.2, -0.15) is 0 Å². The highest BCUT2D eigenvalue weighted by molar-refractivity contribution is 5.77. The van der Waals surface area contributed by atoms with Crippen molar-refractivity contribution >= 4 is 5.96 Å². The Morgan fingerprint density at radius 2 is 1.96 bits per heavy atom. The van der Waals surface area contributed by atoms with Crippen LogP contribution in [-0.2, 0) is 11.2 Å². The Labute approximate surface area is 138 Å². The summed E-state index contributed by atoms with van der Waals surface area (Å²) in [5.41, 5.74) is 7.07. The maximum absolute atomic E-state index is 9.23. The zero-order chi connectivity index (χ0) is 16.3.